The molecule has 0 radical (unpaired) electrons. The molecule has 1 aliphatic rings. The number of carbonyl (C=O) groups is 2. The van der Waals surface area contributed by atoms with Crippen molar-refractivity contribution in [2.75, 3.05) is 6.54 Å². The third kappa shape index (κ3) is 3.23. The summed E-state index contributed by atoms with van der Waals surface area (Å²) in [5.41, 5.74) is 0.933. The molecule has 6 nitrogen and oxygen atoms in total. The number of hydrogen-bond acceptors (Lipinski definition) is 3. The van der Waals surface area contributed by atoms with Gasteiger partial charge in [-0.1, -0.05) is 30.3 Å². The average Bonchev–Trinajstić information content (AvgIpc) is 2.79. The number of nitrogens with one attached hydrogen (secondary N) is 1. The van der Waals surface area contributed by atoms with Crippen LogP contribution in [0.3, 0.4) is 0 Å². The predicted octanol–water partition coefficient (Wildman–Crippen LogP) is 0.416. The molecule has 2 amide bonds. The van der Waals surface area contributed by atoms with Gasteiger partial charge < -0.3 is 20.4 Å². The summed E-state index contributed by atoms with van der Waals surface area (Å²) in [5.74, 6) is -1.09. The quantitative estimate of drug-likeness (QED) is 0.738. The molecule has 102 valence electrons. The summed E-state index contributed by atoms with van der Waals surface area (Å²) in [7, 11) is 0. The van der Waals surface area contributed by atoms with Crippen LogP contribution in [0.15, 0.2) is 30.3 Å². The van der Waals surface area contributed by atoms with Gasteiger partial charge in [0.15, 0.2) is 0 Å². The van der Waals surface area contributed by atoms with E-state index < -0.39 is 24.1 Å². The van der Waals surface area contributed by atoms with E-state index in [4.69, 9.17) is 5.11 Å². The highest BCUT2D eigenvalue weighted by Gasteiger charge is 2.38. The number of hydrogen-bond donors (Lipinski definition) is 3. The summed E-state index contributed by atoms with van der Waals surface area (Å²) < 4.78 is 0. The van der Waals surface area contributed by atoms with Gasteiger partial charge in [-0.25, -0.2) is 9.59 Å². The Balaban J connectivity index is 1.94. The average molecular weight is 264 g/mol. The van der Waals surface area contributed by atoms with E-state index >= 15 is 0 Å². The maximum Gasteiger partial charge on any atom is 0.326 e. The molecule has 19 heavy (non-hydrogen) atoms. The summed E-state index contributed by atoms with van der Waals surface area (Å²) in [4.78, 5) is 24.1. The zero-order chi connectivity index (χ0) is 13.8. The highest BCUT2D eigenvalue weighted by atomic mass is 16.4. The molecule has 0 saturated carbocycles. The number of aliphatic carboxylic acids is 1. The summed E-state index contributed by atoms with van der Waals surface area (Å²) in [6.07, 6.45) is -0.697. The van der Waals surface area contributed by atoms with Crippen LogP contribution in [0.1, 0.15) is 12.0 Å². The number of β-amino-alcohol motifs (C(OH)–C–C–N with tert-alkyl or cyclic N) is 1. The molecule has 0 aliphatic carbocycles. The molecule has 3 N–H and O–H groups in total. The molecule has 2 unspecified atom stereocenters. The fraction of sp³-hybridized carbons (Fsp3) is 0.385. The zero-order valence-electron chi connectivity index (χ0n) is 10.3. The summed E-state index contributed by atoms with van der Waals surface area (Å²) in [6, 6.07) is 7.92. The lowest BCUT2D eigenvalue weighted by molar-refractivity contribution is -0.141. The van der Waals surface area contributed by atoms with Crippen molar-refractivity contribution in [1.82, 2.24) is 10.2 Å². The van der Waals surface area contributed by atoms with E-state index in [0.29, 0.717) is 6.54 Å². The Morgan fingerprint density at radius 2 is 2.00 bits per heavy atom. The van der Waals surface area contributed by atoms with Crippen LogP contribution in [-0.4, -0.2) is 45.8 Å². The standard InChI is InChI=1S/C13H16N2O4/c16-10-6-11(12(17)18)15(8-10)13(19)14-7-9-4-2-1-3-5-9/h1-5,10-11,16H,6-8H2,(H,14,19)(H,17,18). The minimum atomic E-state index is -1.09. The third-order valence-electron chi connectivity index (χ3n) is 3.11. The van der Waals surface area contributed by atoms with Crippen molar-refractivity contribution in [3.05, 3.63) is 35.9 Å². The van der Waals surface area contributed by atoms with E-state index in [1.807, 2.05) is 30.3 Å². The van der Waals surface area contributed by atoms with Crippen LogP contribution >= 0.6 is 0 Å². The lowest BCUT2D eigenvalue weighted by Gasteiger charge is -2.21. The number of benzene rings is 1. The van der Waals surface area contributed by atoms with E-state index in [9.17, 15) is 14.7 Å². The van der Waals surface area contributed by atoms with Crippen molar-refractivity contribution in [1.29, 1.82) is 0 Å². The number of carboxylic acid groups (broad SMARTS) is 1. The Hall–Kier alpha value is -2.08. The summed E-state index contributed by atoms with van der Waals surface area (Å²) >= 11 is 0. The Bertz CT molecular complexity index is 463. The topological polar surface area (TPSA) is 89.9 Å². The SMILES string of the molecule is O=C(O)C1CC(O)CN1C(=O)NCc1ccccc1. The van der Waals surface area contributed by atoms with E-state index in [1.165, 1.54) is 0 Å². The summed E-state index contributed by atoms with van der Waals surface area (Å²) in [5, 5.41) is 21.1. The van der Waals surface area contributed by atoms with Gasteiger partial charge >= 0.3 is 12.0 Å². The van der Waals surface area contributed by atoms with Crippen molar-refractivity contribution in [3.63, 3.8) is 0 Å². The molecule has 2 rings (SSSR count). The molecule has 1 aromatic carbocycles. The molecular formula is C13H16N2O4. The fourth-order valence-corrected chi connectivity index (χ4v) is 2.15. The predicted molar refractivity (Wildman–Crippen MR) is 67.4 cm³/mol. The second-order valence-corrected chi connectivity index (χ2v) is 4.54. The fourth-order valence-electron chi connectivity index (χ4n) is 2.15. The molecule has 2 atom stereocenters. The lowest BCUT2D eigenvalue weighted by atomic mass is 10.2. The number of nitrogens with zero attached hydrogens (tertiary/aromatic N) is 1. The first-order valence-corrected chi connectivity index (χ1v) is 6.07. The maximum atomic E-state index is 11.9. The largest absolute Gasteiger partial charge is 0.480 e. The van der Waals surface area contributed by atoms with Crippen LogP contribution in [0.25, 0.3) is 0 Å². The molecule has 1 aliphatic heterocycles. The van der Waals surface area contributed by atoms with Gasteiger partial charge in [0.05, 0.1) is 6.10 Å². The number of amides is 2. The second kappa shape index (κ2) is 5.71. The van der Waals surface area contributed by atoms with Crippen LogP contribution in [0.5, 0.6) is 0 Å². The first-order chi connectivity index (χ1) is 9.08. The lowest BCUT2D eigenvalue weighted by Crippen LogP contribution is -2.45. The van der Waals surface area contributed by atoms with Crippen LogP contribution < -0.4 is 5.32 Å². The third-order valence-corrected chi connectivity index (χ3v) is 3.11. The first-order valence-electron chi connectivity index (χ1n) is 6.07. The number of rotatable bonds is 3. The Morgan fingerprint density at radius 1 is 1.32 bits per heavy atom. The van der Waals surface area contributed by atoms with Gasteiger partial charge in [-0.15, -0.1) is 0 Å². The molecular weight excluding hydrogens is 248 g/mol. The normalized spacial score (nSPS) is 22.3. The number of likely N-dealkylation sites (tertiary alicyclic amines) is 1. The van der Waals surface area contributed by atoms with Gasteiger partial charge in [-0.05, 0) is 5.56 Å². The Labute approximate surface area is 110 Å². The van der Waals surface area contributed by atoms with E-state index in [1.54, 1.807) is 0 Å². The number of urea groups is 1. The van der Waals surface area contributed by atoms with Gasteiger partial charge in [0, 0.05) is 19.5 Å². The van der Waals surface area contributed by atoms with Crippen LogP contribution in [0.2, 0.25) is 0 Å². The zero-order valence-corrected chi connectivity index (χ0v) is 10.3. The number of aliphatic hydroxyl groups is 1. The molecule has 0 bridgehead atoms. The molecule has 6 heteroatoms. The Morgan fingerprint density at radius 3 is 2.63 bits per heavy atom. The minimum Gasteiger partial charge on any atom is -0.480 e. The van der Waals surface area contributed by atoms with Gasteiger partial charge in [-0.2, -0.15) is 0 Å². The molecule has 1 aromatic rings. The highest BCUT2D eigenvalue weighted by molar-refractivity contribution is 5.83. The van der Waals surface area contributed by atoms with Gasteiger partial charge in [0.2, 0.25) is 0 Å². The van der Waals surface area contributed by atoms with E-state index in [-0.39, 0.29) is 13.0 Å². The molecule has 1 saturated heterocycles. The van der Waals surface area contributed by atoms with E-state index in [0.717, 1.165) is 10.5 Å². The smallest absolute Gasteiger partial charge is 0.326 e. The van der Waals surface area contributed by atoms with Gasteiger partial charge in [-0.3, -0.25) is 0 Å². The summed E-state index contributed by atoms with van der Waals surface area (Å²) in [6.45, 7) is 0.385. The molecule has 0 spiro atoms. The minimum absolute atomic E-state index is 0.0532. The Kier molecular flexibility index (Phi) is 4.01. The van der Waals surface area contributed by atoms with Crippen molar-refractivity contribution < 1.29 is 19.8 Å². The van der Waals surface area contributed by atoms with Crippen molar-refractivity contribution >= 4 is 12.0 Å². The molecule has 1 heterocycles. The van der Waals surface area contributed by atoms with Gasteiger partial charge in [0.1, 0.15) is 6.04 Å². The second-order valence-electron chi connectivity index (χ2n) is 4.54. The van der Waals surface area contributed by atoms with Crippen LogP contribution in [0.4, 0.5) is 4.79 Å². The van der Waals surface area contributed by atoms with Crippen LogP contribution in [-0.2, 0) is 11.3 Å². The van der Waals surface area contributed by atoms with Crippen molar-refractivity contribution in [2.45, 2.75) is 25.1 Å². The highest BCUT2D eigenvalue weighted by Crippen LogP contribution is 2.18. The van der Waals surface area contributed by atoms with Crippen molar-refractivity contribution in [3.8, 4) is 0 Å². The van der Waals surface area contributed by atoms with E-state index in [2.05, 4.69) is 5.32 Å². The first kappa shape index (κ1) is 13.4. The number of carboxylic acids is 1. The monoisotopic (exact) mass is 264 g/mol. The van der Waals surface area contributed by atoms with Gasteiger partial charge in [0.25, 0.3) is 0 Å². The van der Waals surface area contributed by atoms with Crippen molar-refractivity contribution in [2.24, 2.45) is 0 Å². The molecule has 0 aromatic heterocycles. The maximum absolute atomic E-state index is 11.9. The number of aliphatic hydroxyl groups excluding tert-OH is 1. The van der Waals surface area contributed by atoms with Crippen LogP contribution in [0, 0.1) is 0 Å². The molecule has 1 fully saturated rings. The number of carbonyl (C=O) groups excluding carboxylic acids is 1.